The zero-order valence-electron chi connectivity index (χ0n) is 13.9. The Balaban J connectivity index is 1.78. The maximum atomic E-state index is 12.2. The molecule has 26 heavy (non-hydrogen) atoms. The number of hydrogen-bond donors (Lipinski definition) is 1. The number of fused-ring (bicyclic) bond motifs is 1. The van der Waals surface area contributed by atoms with Gasteiger partial charge in [-0.2, -0.15) is 0 Å². The second-order valence-corrected chi connectivity index (χ2v) is 7.06. The third-order valence-corrected chi connectivity index (χ3v) is 4.91. The molecule has 1 heterocycles. The van der Waals surface area contributed by atoms with Crippen molar-refractivity contribution in [2.24, 2.45) is 0 Å². The number of ether oxygens (including phenoxy) is 2. The summed E-state index contributed by atoms with van der Waals surface area (Å²) >= 11 is 13.5. The molecule has 0 saturated heterocycles. The van der Waals surface area contributed by atoms with E-state index in [1.165, 1.54) is 24.5 Å². The van der Waals surface area contributed by atoms with Gasteiger partial charge in [0.1, 0.15) is 11.5 Å². The predicted octanol–water partition coefficient (Wildman–Crippen LogP) is 5.27. The van der Waals surface area contributed by atoms with E-state index in [4.69, 9.17) is 32.7 Å². The number of anilines is 1. The lowest BCUT2D eigenvalue weighted by Gasteiger charge is -2.07. The van der Waals surface area contributed by atoms with Crippen LogP contribution in [0.15, 0.2) is 36.4 Å². The molecule has 0 radical (unpaired) electrons. The molecule has 0 aliphatic heterocycles. The number of methoxy groups -OCH3 is 2. The number of aromatic nitrogens is 1. The molecular weight excluding hydrogens is 395 g/mol. The molecule has 3 rings (SSSR count). The van der Waals surface area contributed by atoms with E-state index < -0.39 is 0 Å². The standard InChI is InChI=1S/C18H14Cl2N2O3S/c1-24-12-4-5-14-15(9-12)26-18(21-14)22-16(23)6-3-10-7-11(19)8-13(20)17(10)25-2/h3-9H,1-2H3,(H,21,22,23)/b6-3+. The number of nitrogens with zero attached hydrogens (tertiary/aromatic N) is 1. The molecule has 2 aromatic carbocycles. The minimum atomic E-state index is -0.325. The second-order valence-electron chi connectivity index (χ2n) is 5.19. The zero-order valence-corrected chi connectivity index (χ0v) is 16.2. The average molecular weight is 409 g/mol. The van der Waals surface area contributed by atoms with Crippen LogP contribution in [0.3, 0.4) is 0 Å². The number of carbonyl (C=O) groups excluding carboxylic acids is 1. The van der Waals surface area contributed by atoms with E-state index in [-0.39, 0.29) is 5.91 Å². The minimum Gasteiger partial charge on any atom is -0.497 e. The van der Waals surface area contributed by atoms with E-state index in [9.17, 15) is 4.79 Å². The van der Waals surface area contributed by atoms with Gasteiger partial charge >= 0.3 is 0 Å². The Hall–Kier alpha value is -2.28. The van der Waals surface area contributed by atoms with E-state index >= 15 is 0 Å². The summed E-state index contributed by atoms with van der Waals surface area (Å²) in [5, 5.41) is 4.07. The number of rotatable bonds is 5. The van der Waals surface area contributed by atoms with Crippen molar-refractivity contribution in [1.82, 2.24) is 4.98 Å². The Morgan fingerprint density at radius 2 is 2.00 bits per heavy atom. The van der Waals surface area contributed by atoms with Crippen LogP contribution >= 0.6 is 34.5 Å². The highest BCUT2D eigenvalue weighted by Crippen LogP contribution is 2.33. The van der Waals surface area contributed by atoms with Gasteiger partial charge in [-0.1, -0.05) is 34.5 Å². The van der Waals surface area contributed by atoms with Crippen LogP contribution in [0, 0.1) is 0 Å². The lowest BCUT2D eigenvalue weighted by Crippen LogP contribution is -2.07. The highest BCUT2D eigenvalue weighted by Gasteiger charge is 2.09. The Morgan fingerprint density at radius 3 is 2.73 bits per heavy atom. The SMILES string of the molecule is COc1ccc2nc(NC(=O)/C=C/c3cc(Cl)cc(Cl)c3OC)sc2c1. The molecule has 5 nitrogen and oxygen atoms in total. The fraction of sp³-hybridized carbons (Fsp3) is 0.111. The summed E-state index contributed by atoms with van der Waals surface area (Å²) in [6.45, 7) is 0. The van der Waals surface area contributed by atoms with Crippen molar-refractivity contribution >= 4 is 61.9 Å². The summed E-state index contributed by atoms with van der Waals surface area (Å²) in [6, 6.07) is 8.78. The second kappa shape index (κ2) is 7.95. The number of nitrogens with one attached hydrogen (secondary N) is 1. The van der Waals surface area contributed by atoms with Crippen molar-refractivity contribution in [3.05, 3.63) is 52.0 Å². The maximum absolute atomic E-state index is 12.2. The molecule has 0 unspecified atom stereocenters. The van der Waals surface area contributed by atoms with E-state index in [1.807, 2.05) is 18.2 Å². The number of halogens is 2. The maximum Gasteiger partial charge on any atom is 0.250 e. The lowest BCUT2D eigenvalue weighted by molar-refractivity contribution is -0.111. The van der Waals surface area contributed by atoms with Gasteiger partial charge in [0, 0.05) is 16.7 Å². The molecule has 1 N–H and O–H groups in total. The van der Waals surface area contributed by atoms with Gasteiger partial charge in [-0.25, -0.2) is 4.98 Å². The van der Waals surface area contributed by atoms with Crippen LogP contribution in [-0.4, -0.2) is 25.1 Å². The molecule has 0 bridgehead atoms. The van der Waals surface area contributed by atoms with Crippen molar-refractivity contribution in [1.29, 1.82) is 0 Å². The third-order valence-electron chi connectivity index (χ3n) is 3.48. The highest BCUT2D eigenvalue weighted by molar-refractivity contribution is 7.22. The Kier molecular flexibility index (Phi) is 5.66. The molecule has 0 spiro atoms. The summed E-state index contributed by atoms with van der Waals surface area (Å²) in [5.74, 6) is 0.866. The van der Waals surface area contributed by atoms with Crippen LogP contribution in [0.5, 0.6) is 11.5 Å². The van der Waals surface area contributed by atoms with Crippen LogP contribution in [0.2, 0.25) is 10.0 Å². The van der Waals surface area contributed by atoms with Crippen molar-refractivity contribution in [2.45, 2.75) is 0 Å². The van der Waals surface area contributed by atoms with Gasteiger partial charge < -0.3 is 9.47 Å². The van der Waals surface area contributed by atoms with Gasteiger partial charge in [-0.15, -0.1) is 0 Å². The molecular formula is C18H14Cl2N2O3S. The van der Waals surface area contributed by atoms with Gasteiger partial charge in [-0.05, 0) is 36.4 Å². The molecule has 134 valence electrons. The van der Waals surface area contributed by atoms with Crippen LogP contribution in [0.1, 0.15) is 5.56 Å². The van der Waals surface area contributed by atoms with Gasteiger partial charge in [0.25, 0.3) is 0 Å². The summed E-state index contributed by atoms with van der Waals surface area (Å²) in [5.41, 5.74) is 1.40. The Bertz CT molecular complexity index is 1000. The first kappa shape index (κ1) is 18.5. The largest absolute Gasteiger partial charge is 0.497 e. The topological polar surface area (TPSA) is 60.5 Å². The van der Waals surface area contributed by atoms with E-state index in [0.29, 0.717) is 26.5 Å². The first-order valence-electron chi connectivity index (χ1n) is 7.47. The first-order chi connectivity index (χ1) is 12.5. The van der Waals surface area contributed by atoms with Gasteiger partial charge in [-0.3, -0.25) is 10.1 Å². The summed E-state index contributed by atoms with van der Waals surface area (Å²) in [4.78, 5) is 16.6. The Labute approximate surface area is 164 Å². The molecule has 0 aliphatic carbocycles. The number of benzene rings is 2. The van der Waals surface area contributed by atoms with E-state index in [1.54, 1.807) is 25.3 Å². The quantitative estimate of drug-likeness (QED) is 0.583. The van der Waals surface area contributed by atoms with Crippen molar-refractivity contribution < 1.29 is 14.3 Å². The van der Waals surface area contributed by atoms with Crippen molar-refractivity contribution in [3.8, 4) is 11.5 Å². The zero-order chi connectivity index (χ0) is 18.7. The summed E-state index contributed by atoms with van der Waals surface area (Å²) in [6.07, 6.45) is 2.96. The molecule has 0 atom stereocenters. The first-order valence-corrected chi connectivity index (χ1v) is 9.04. The van der Waals surface area contributed by atoms with Crippen LogP contribution in [0.4, 0.5) is 5.13 Å². The summed E-state index contributed by atoms with van der Waals surface area (Å²) in [7, 11) is 3.11. The van der Waals surface area contributed by atoms with Gasteiger partial charge in [0.2, 0.25) is 5.91 Å². The minimum absolute atomic E-state index is 0.325. The normalized spacial score (nSPS) is 11.1. The molecule has 8 heteroatoms. The number of carbonyl (C=O) groups is 1. The van der Waals surface area contributed by atoms with Gasteiger partial charge in [0.05, 0.1) is 29.5 Å². The van der Waals surface area contributed by atoms with E-state index in [0.717, 1.165) is 16.0 Å². The number of hydrogen-bond acceptors (Lipinski definition) is 5. The highest BCUT2D eigenvalue weighted by atomic mass is 35.5. The fourth-order valence-corrected chi connectivity index (χ4v) is 3.80. The third kappa shape index (κ3) is 4.09. The molecule has 3 aromatic rings. The molecule has 0 saturated carbocycles. The smallest absolute Gasteiger partial charge is 0.250 e. The predicted molar refractivity (Wildman–Crippen MR) is 107 cm³/mol. The average Bonchev–Trinajstić information content (AvgIpc) is 3.00. The summed E-state index contributed by atoms with van der Waals surface area (Å²) < 4.78 is 11.4. The van der Waals surface area contributed by atoms with Crippen LogP contribution in [-0.2, 0) is 4.79 Å². The molecule has 1 aromatic heterocycles. The molecule has 0 aliphatic rings. The number of thiazole rings is 1. The van der Waals surface area contributed by atoms with Crippen molar-refractivity contribution in [3.63, 3.8) is 0 Å². The Morgan fingerprint density at radius 1 is 1.19 bits per heavy atom. The molecule has 1 amide bonds. The molecule has 0 fully saturated rings. The lowest BCUT2D eigenvalue weighted by atomic mass is 10.2. The van der Waals surface area contributed by atoms with Crippen molar-refractivity contribution in [2.75, 3.05) is 19.5 Å². The van der Waals surface area contributed by atoms with E-state index in [2.05, 4.69) is 10.3 Å². The van der Waals surface area contributed by atoms with Crippen LogP contribution < -0.4 is 14.8 Å². The van der Waals surface area contributed by atoms with Crippen LogP contribution in [0.25, 0.3) is 16.3 Å². The fourth-order valence-electron chi connectivity index (χ4n) is 2.32. The number of amides is 1. The van der Waals surface area contributed by atoms with Gasteiger partial charge in [0.15, 0.2) is 5.13 Å². The monoisotopic (exact) mass is 408 g/mol.